The molecule has 0 fully saturated rings. The SMILES string of the molecule is COC(=O)c1ccc(O)c([C@H]2c3c(OC)cc(O)c(C(=O)CCc4ccccc4)c3O[C@@H]2C(C)(C)O)c1. The van der Waals surface area contributed by atoms with Crippen LogP contribution in [0.4, 0.5) is 0 Å². The van der Waals surface area contributed by atoms with Crippen molar-refractivity contribution >= 4 is 11.8 Å². The molecule has 3 N–H and O–H groups in total. The van der Waals surface area contributed by atoms with Gasteiger partial charge in [-0.2, -0.15) is 0 Å². The number of hydrogen-bond acceptors (Lipinski definition) is 8. The van der Waals surface area contributed by atoms with E-state index >= 15 is 0 Å². The van der Waals surface area contributed by atoms with Gasteiger partial charge in [-0.15, -0.1) is 0 Å². The van der Waals surface area contributed by atoms with E-state index in [-0.39, 0.29) is 51.9 Å². The van der Waals surface area contributed by atoms with Crippen molar-refractivity contribution in [2.45, 2.75) is 44.3 Å². The van der Waals surface area contributed by atoms with Gasteiger partial charge in [0.25, 0.3) is 0 Å². The molecule has 3 aromatic carbocycles. The number of Topliss-reactive ketones (excluding diaryl/α,β-unsaturated/α-hetero) is 1. The molecule has 0 radical (unpaired) electrons. The van der Waals surface area contributed by atoms with Crippen LogP contribution in [0.25, 0.3) is 0 Å². The quantitative estimate of drug-likeness (QED) is 0.304. The molecule has 2 atom stereocenters. The molecule has 0 aromatic heterocycles. The molecule has 1 aliphatic heterocycles. The zero-order valence-electron chi connectivity index (χ0n) is 21.1. The van der Waals surface area contributed by atoms with Gasteiger partial charge in [-0.3, -0.25) is 4.79 Å². The van der Waals surface area contributed by atoms with E-state index in [4.69, 9.17) is 14.2 Å². The highest BCUT2D eigenvalue weighted by molar-refractivity contribution is 6.02. The number of aryl methyl sites for hydroxylation is 1. The van der Waals surface area contributed by atoms with Crippen molar-refractivity contribution in [2.75, 3.05) is 14.2 Å². The maximum atomic E-state index is 13.4. The molecule has 0 aliphatic carbocycles. The molecule has 8 nitrogen and oxygen atoms in total. The molecule has 0 spiro atoms. The van der Waals surface area contributed by atoms with Gasteiger partial charge in [0.2, 0.25) is 0 Å². The largest absolute Gasteiger partial charge is 0.508 e. The van der Waals surface area contributed by atoms with Gasteiger partial charge in [-0.1, -0.05) is 30.3 Å². The second-order valence-electron chi connectivity index (χ2n) is 9.56. The summed E-state index contributed by atoms with van der Waals surface area (Å²) in [6.07, 6.45) is -0.418. The molecule has 0 bridgehead atoms. The van der Waals surface area contributed by atoms with E-state index in [1.807, 2.05) is 30.3 Å². The summed E-state index contributed by atoms with van der Waals surface area (Å²) in [5.74, 6) is -1.94. The number of esters is 1. The zero-order chi connectivity index (χ0) is 26.9. The maximum Gasteiger partial charge on any atom is 0.337 e. The predicted octanol–water partition coefficient (Wildman–Crippen LogP) is 4.37. The number of ether oxygens (including phenoxy) is 3. The Morgan fingerprint density at radius 1 is 1.00 bits per heavy atom. The second-order valence-corrected chi connectivity index (χ2v) is 9.56. The minimum absolute atomic E-state index is 0.0212. The molecule has 194 valence electrons. The Hall–Kier alpha value is -4.04. The van der Waals surface area contributed by atoms with Crippen LogP contribution in [0.15, 0.2) is 54.6 Å². The van der Waals surface area contributed by atoms with E-state index in [0.717, 1.165) is 5.56 Å². The van der Waals surface area contributed by atoms with Gasteiger partial charge in [-0.05, 0) is 44.0 Å². The maximum absolute atomic E-state index is 13.4. The van der Waals surface area contributed by atoms with E-state index in [2.05, 4.69) is 0 Å². The molecule has 1 aliphatic rings. The number of hydrogen-bond donors (Lipinski definition) is 3. The van der Waals surface area contributed by atoms with E-state index in [1.54, 1.807) is 13.8 Å². The number of carbonyl (C=O) groups is 2. The summed E-state index contributed by atoms with van der Waals surface area (Å²) >= 11 is 0. The summed E-state index contributed by atoms with van der Waals surface area (Å²) < 4.78 is 16.6. The lowest BCUT2D eigenvalue weighted by atomic mass is 9.80. The highest BCUT2D eigenvalue weighted by Gasteiger charge is 2.49. The molecular formula is C29H30O8. The van der Waals surface area contributed by atoms with Crippen LogP contribution in [0.1, 0.15) is 63.6 Å². The molecule has 37 heavy (non-hydrogen) atoms. The van der Waals surface area contributed by atoms with Gasteiger partial charge in [-0.25, -0.2) is 4.79 Å². The lowest BCUT2D eigenvalue weighted by molar-refractivity contribution is -0.0301. The summed E-state index contributed by atoms with van der Waals surface area (Å²) in [6.45, 7) is 3.09. The summed E-state index contributed by atoms with van der Waals surface area (Å²) in [7, 11) is 2.66. The van der Waals surface area contributed by atoms with Crippen molar-refractivity contribution < 1.29 is 39.1 Å². The first kappa shape index (κ1) is 26.0. The Labute approximate surface area is 215 Å². The fourth-order valence-electron chi connectivity index (χ4n) is 4.79. The molecule has 3 aromatic rings. The standard InChI is InChI=1S/C29H30O8/c1-29(2,34)27-23(18-14-17(28(33)36-4)11-13-19(18)30)25-22(35-3)15-21(32)24(26(25)37-27)20(31)12-10-16-8-6-5-7-9-16/h5-9,11,13-15,23,27,30,32,34H,10,12H2,1-4H3/t23-,27-/m0/s1. The van der Waals surface area contributed by atoms with Crippen LogP contribution in [-0.2, 0) is 11.2 Å². The third kappa shape index (κ3) is 4.97. The number of carbonyl (C=O) groups excluding carboxylic acids is 2. The number of phenolic OH excluding ortho intramolecular Hbond substituents is 2. The van der Waals surface area contributed by atoms with Gasteiger partial charge < -0.3 is 29.5 Å². The Morgan fingerprint density at radius 2 is 1.70 bits per heavy atom. The Bertz CT molecular complexity index is 1320. The molecule has 8 heteroatoms. The van der Waals surface area contributed by atoms with Crippen molar-refractivity contribution in [3.63, 3.8) is 0 Å². The third-order valence-corrected chi connectivity index (χ3v) is 6.58. The van der Waals surface area contributed by atoms with Crippen molar-refractivity contribution in [1.29, 1.82) is 0 Å². The number of aliphatic hydroxyl groups is 1. The van der Waals surface area contributed by atoms with Crippen LogP contribution in [0.5, 0.6) is 23.0 Å². The van der Waals surface area contributed by atoms with Gasteiger partial charge in [0.1, 0.15) is 34.7 Å². The second kappa shape index (κ2) is 10.1. The van der Waals surface area contributed by atoms with Gasteiger partial charge in [0.15, 0.2) is 5.78 Å². The Balaban J connectivity index is 1.87. The van der Waals surface area contributed by atoms with Crippen LogP contribution in [-0.4, -0.2) is 53.0 Å². The van der Waals surface area contributed by atoms with E-state index in [0.29, 0.717) is 12.0 Å². The first-order chi connectivity index (χ1) is 17.6. The number of benzene rings is 3. The van der Waals surface area contributed by atoms with Crippen LogP contribution in [0, 0.1) is 0 Å². The highest BCUT2D eigenvalue weighted by Crippen LogP contribution is 2.55. The van der Waals surface area contributed by atoms with Crippen molar-refractivity contribution in [1.82, 2.24) is 0 Å². The number of methoxy groups -OCH3 is 2. The molecule has 4 rings (SSSR count). The summed E-state index contributed by atoms with van der Waals surface area (Å²) in [6, 6.07) is 15.1. The Morgan fingerprint density at radius 3 is 2.32 bits per heavy atom. The lowest BCUT2D eigenvalue weighted by Crippen LogP contribution is -2.42. The van der Waals surface area contributed by atoms with Crippen molar-refractivity contribution in [2.24, 2.45) is 0 Å². The average molecular weight is 507 g/mol. The topological polar surface area (TPSA) is 123 Å². The number of fused-ring (bicyclic) bond motifs is 1. The molecular weight excluding hydrogens is 476 g/mol. The van der Waals surface area contributed by atoms with Crippen LogP contribution in [0.2, 0.25) is 0 Å². The zero-order valence-corrected chi connectivity index (χ0v) is 21.1. The Kier molecular flexibility index (Phi) is 7.14. The number of aromatic hydroxyl groups is 2. The van der Waals surface area contributed by atoms with Crippen molar-refractivity contribution in [3.8, 4) is 23.0 Å². The predicted molar refractivity (Wildman–Crippen MR) is 136 cm³/mol. The van der Waals surface area contributed by atoms with Crippen LogP contribution >= 0.6 is 0 Å². The first-order valence-corrected chi connectivity index (χ1v) is 11.9. The van der Waals surface area contributed by atoms with E-state index in [1.165, 1.54) is 38.5 Å². The lowest BCUT2D eigenvalue weighted by Gasteiger charge is -2.30. The molecule has 0 unspecified atom stereocenters. The van der Waals surface area contributed by atoms with Crippen LogP contribution in [0.3, 0.4) is 0 Å². The van der Waals surface area contributed by atoms with E-state index < -0.39 is 23.6 Å². The van der Waals surface area contributed by atoms with Gasteiger partial charge >= 0.3 is 5.97 Å². The van der Waals surface area contributed by atoms with Gasteiger partial charge in [0, 0.05) is 23.6 Å². The summed E-state index contributed by atoms with van der Waals surface area (Å²) in [4.78, 5) is 25.6. The fourth-order valence-corrected chi connectivity index (χ4v) is 4.79. The normalized spacial score (nSPS) is 16.6. The minimum Gasteiger partial charge on any atom is -0.508 e. The molecule has 0 saturated heterocycles. The van der Waals surface area contributed by atoms with E-state index in [9.17, 15) is 24.9 Å². The summed E-state index contributed by atoms with van der Waals surface area (Å²) in [5.41, 5.74) is 0.344. The van der Waals surface area contributed by atoms with Crippen molar-refractivity contribution in [3.05, 3.63) is 82.4 Å². The fraction of sp³-hybridized carbons (Fsp3) is 0.310. The third-order valence-electron chi connectivity index (χ3n) is 6.58. The molecule has 0 amide bonds. The van der Waals surface area contributed by atoms with Crippen LogP contribution < -0.4 is 9.47 Å². The average Bonchev–Trinajstić information content (AvgIpc) is 3.28. The van der Waals surface area contributed by atoms with Gasteiger partial charge in [0.05, 0.1) is 31.3 Å². The number of ketones is 1. The monoisotopic (exact) mass is 506 g/mol. The number of phenols is 2. The summed E-state index contributed by atoms with van der Waals surface area (Å²) in [5, 5.41) is 32.7. The molecule has 1 heterocycles. The molecule has 0 saturated carbocycles. The smallest absolute Gasteiger partial charge is 0.337 e. The minimum atomic E-state index is -1.46. The highest BCUT2D eigenvalue weighted by atomic mass is 16.5. The number of rotatable bonds is 8. The first-order valence-electron chi connectivity index (χ1n) is 11.9.